The maximum absolute atomic E-state index is 12.4. The summed E-state index contributed by atoms with van der Waals surface area (Å²) < 4.78 is 27.4. The molecule has 1 rings (SSSR count). The van der Waals surface area contributed by atoms with Gasteiger partial charge in [-0.1, -0.05) is 6.92 Å². The third kappa shape index (κ3) is 4.00. The number of rotatable bonds is 7. The van der Waals surface area contributed by atoms with Gasteiger partial charge in [-0.15, -0.1) is 0 Å². The quantitative estimate of drug-likeness (QED) is 0.831. The van der Waals surface area contributed by atoms with Crippen LogP contribution in [0.4, 0.5) is 8.78 Å². The van der Waals surface area contributed by atoms with Gasteiger partial charge in [-0.05, 0) is 22.4 Å². The molecular weight excluding hydrogens is 308 g/mol. The first-order chi connectivity index (χ1) is 8.49. The summed E-state index contributed by atoms with van der Waals surface area (Å²) in [5, 5.41) is 13.2. The molecule has 0 radical (unpaired) electrons. The first-order valence-corrected chi connectivity index (χ1v) is 6.60. The van der Waals surface area contributed by atoms with E-state index in [-0.39, 0.29) is 19.7 Å². The molecule has 0 aliphatic carbocycles. The van der Waals surface area contributed by atoms with Gasteiger partial charge in [0.2, 0.25) is 0 Å². The molecule has 0 unspecified atom stereocenters. The highest BCUT2D eigenvalue weighted by Crippen LogP contribution is 2.23. The van der Waals surface area contributed by atoms with E-state index in [1.54, 1.807) is 11.7 Å². The molecule has 18 heavy (non-hydrogen) atoms. The molecule has 104 valence electrons. The summed E-state index contributed by atoms with van der Waals surface area (Å²) in [4.78, 5) is 1.52. The molecule has 1 aromatic heterocycles. The van der Waals surface area contributed by atoms with Crippen molar-refractivity contribution in [2.75, 3.05) is 19.7 Å². The Kier molecular flexibility index (Phi) is 6.17. The van der Waals surface area contributed by atoms with E-state index in [2.05, 4.69) is 21.0 Å². The monoisotopic (exact) mass is 325 g/mol. The summed E-state index contributed by atoms with van der Waals surface area (Å²) in [5.74, 6) is 0. The number of aromatic nitrogens is 2. The molecule has 1 aromatic rings. The number of aliphatic hydroxyl groups excluding tert-OH is 1. The van der Waals surface area contributed by atoms with Crippen LogP contribution in [-0.4, -0.2) is 45.9 Å². The van der Waals surface area contributed by atoms with Gasteiger partial charge >= 0.3 is 0 Å². The molecular formula is C11H18BrF2N3O. The Bertz CT molecular complexity index is 385. The van der Waals surface area contributed by atoms with Crippen molar-refractivity contribution in [3.63, 3.8) is 0 Å². The molecule has 1 N–H and O–H groups in total. The van der Waals surface area contributed by atoms with Crippen molar-refractivity contribution in [1.29, 1.82) is 0 Å². The van der Waals surface area contributed by atoms with Gasteiger partial charge in [0.1, 0.15) is 0 Å². The van der Waals surface area contributed by atoms with Crippen LogP contribution in [0.1, 0.15) is 18.3 Å². The Hall–Kier alpha value is -0.530. The first kappa shape index (κ1) is 15.5. The lowest BCUT2D eigenvalue weighted by Crippen LogP contribution is -2.32. The lowest BCUT2D eigenvalue weighted by Gasteiger charge is -2.20. The Balaban J connectivity index is 2.82. The second-order valence-electron chi connectivity index (χ2n) is 4.03. The third-order valence-corrected chi connectivity index (χ3v) is 3.60. The molecule has 1 heterocycles. The van der Waals surface area contributed by atoms with E-state index in [0.29, 0.717) is 6.54 Å². The van der Waals surface area contributed by atoms with Crippen molar-refractivity contribution in [3.8, 4) is 0 Å². The van der Waals surface area contributed by atoms with Gasteiger partial charge < -0.3 is 5.11 Å². The SMILES string of the molecule is CCc1nn(C)c(CN(CCO)CC(F)F)c1Br. The summed E-state index contributed by atoms with van der Waals surface area (Å²) in [6.45, 7) is 2.07. The lowest BCUT2D eigenvalue weighted by molar-refractivity contribution is 0.0733. The van der Waals surface area contributed by atoms with E-state index in [0.717, 1.165) is 22.3 Å². The Labute approximate surface area is 114 Å². The summed E-state index contributed by atoms with van der Waals surface area (Å²) in [6, 6.07) is 0. The molecule has 0 saturated carbocycles. The fraction of sp³-hybridized carbons (Fsp3) is 0.727. The van der Waals surface area contributed by atoms with E-state index in [1.165, 1.54) is 4.90 Å². The van der Waals surface area contributed by atoms with Crippen LogP contribution < -0.4 is 0 Å². The van der Waals surface area contributed by atoms with Crippen molar-refractivity contribution in [2.24, 2.45) is 7.05 Å². The number of alkyl halides is 2. The van der Waals surface area contributed by atoms with Gasteiger partial charge in [0.05, 0.1) is 29.0 Å². The van der Waals surface area contributed by atoms with E-state index < -0.39 is 6.43 Å². The molecule has 4 nitrogen and oxygen atoms in total. The van der Waals surface area contributed by atoms with Crippen molar-refractivity contribution < 1.29 is 13.9 Å². The van der Waals surface area contributed by atoms with Crippen molar-refractivity contribution in [1.82, 2.24) is 14.7 Å². The van der Waals surface area contributed by atoms with Gasteiger partial charge in [-0.3, -0.25) is 9.58 Å². The second-order valence-corrected chi connectivity index (χ2v) is 4.83. The van der Waals surface area contributed by atoms with Gasteiger partial charge in [0, 0.05) is 20.1 Å². The van der Waals surface area contributed by atoms with Crippen molar-refractivity contribution >= 4 is 15.9 Å². The van der Waals surface area contributed by atoms with E-state index in [4.69, 9.17) is 5.11 Å². The van der Waals surface area contributed by atoms with Crippen molar-refractivity contribution in [2.45, 2.75) is 26.3 Å². The summed E-state index contributed by atoms with van der Waals surface area (Å²) in [6.07, 6.45) is -1.63. The van der Waals surface area contributed by atoms with Crippen LogP contribution in [0.5, 0.6) is 0 Å². The molecule has 0 spiro atoms. The molecule has 0 aliphatic heterocycles. The van der Waals surface area contributed by atoms with Gasteiger partial charge in [0.25, 0.3) is 6.43 Å². The van der Waals surface area contributed by atoms with Crippen LogP contribution in [0.15, 0.2) is 4.47 Å². The van der Waals surface area contributed by atoms with Crippen LogP contribution in [0.3, 0.4) is 0 Å². The largest absolute Gasteiger partial charge is 0.395 e. The molecule has 0 atom stereocenters. The predicted molar refractivity (Wildman–Crippen MR) is 68.7 cm³/mol. The minimum absolute atomic E-state index is 0.136. The number of nitrogens with zero attached hydrogens (tertiary/aromatic N) is 3. The molecule has 0 bridgehead atoms. The van der Waals surface area contributed by atoms with Crippen LogP contribution in [0.25, 0.3) is 0 Å². The minimum Gasteiger partial charge on any atom is -0.395 e. The predicted octanol–water partition coefficient (Wildman–Crippen LogP) is 1.80. The Morgan fingerprint density at radius 2 is 2.17 bits per heavy atom. The maximum atomic E-state index is 12.4. The highest BCUT2D eigenvalue weighted by molar-refractivity contribution is 9.10. The average Bonchev–Trinajstić information content (AvgIpc) is 2.56. The highest BCUT2D eigenvalue weighted by Gasteiger charge is 2.18. The Morgan fingerprint density at radius 1 is 1.50 bits per heavy atom. The van der Waals surface area contributed by atoms with Gasteiger partial charge in [-0.25, -0.2) is 8.78 Å². The fourth-order valence-electron chi connectivity index (χ4n) is 1.77. The fourth-order valence-corrected chi connectivity index (χ4v) is 2.52. The molecule has 0 saturated heterocycles. The van der Waals surface area contributed by atoms with Crippen LogP contribution in [-0.2, 0) is 20.0 Å². The van der Waals surface area contributed by atoms with Crippen LogP contribution in [0.2, 0.25) is 0 Å². The molecule has 0 amide bonds. The van der Waals surface area contributed by atoms with Crippen molar-refractivity contribution in [3.05, 3.63) is 15.9 Å². The number of hydrogen-bond donors (Lipinski definition) is 1. The standard InChI is InChI=1S/C11H18BrF2N3O/c1-3-8-11(12)9(16(2)15-8)6-17(4-5-18)7-10(13)14/h10,18H,3-7H2,1-2H3. The number of aryl methyl sites for hydroxylation is 2. The minimum atomic E-state index is -2.41. The summed E-state index contributed by atoms with van der Waals surface area (Å²) >= 11 is 3.45. The Morgan fingerprint density at radius 3 is 2.61 bits per heavy atom. The zero-order valence-electron chi connectivity index (χ0n) is 10.5. The number of aliphatic hydroxyl groups is 1. The molecule has 0 aromatic carbocycles. The van der Waals surface area contributed by atoms with Crippen LogP contribution in [0, 0.1) is 0 Å². The zero-order valence-corrected chi connectivity index (χ0v) is 12.1. The molecule has 7 heteroatoms. The van der Waals surface area contributed by atoms with E-state index in [1.807, 2.05) is 6.92 Å². The van der Waals surface area contributed by atoms with Gasteiger partial charge in [-0.2, -0.15) is 5.10 Å². The normalized spacial score (nSPS) is 11.8. The lowest BCUT2D eigenvalue weighted by atomic mass is 10.3. The maximum Gasteiger partial charge on any atom is 0.251 e. The van der Waals surface area contributed by atoms with E-state index in [9.17, 15) is 8.78 Å². The topological polar surface area (TPSA) is 41.3 Å². The van der Waals surface area contributed by atoms with E-state index >= 15 is 0 Å². The summed E-state index contributed by atoms with van der Waals surface area (Å²) in [7, 11) is 1.79. The third-order valence-electron chi connectivity index (χ3n) is 2.69. The number of halogens is 3. The zero-order chi connectivity index (χ0) is 13.7. The molecule has 0 aliphatic rings. The molecule has 0 fully saturated rings. The highest BCUT2D eigenvalue weighted by atomic mass is 79.9. The first-order valence-electron chi connectivity index (χ1n) is 5.81. The summed E-state index contributed by atoms with van der Waals surface area (Å²) in [5.41, 5.74) is 1.76. The smallest absolute Gasteiger partial charge is 0.251 e. The average molecular weight is 326 g/mol. The van der Waals surface area contributed by atoms with Crippen LogP contribution >= 0.6 is 15.9 Å². The van der Waals surface area contributed by atoms with Gasteiger partial charge in [0.15, 0.2) is 0 Å². The second kappa shape index (κ2) is 7.16. The number of hydrogen-bond acceptors (Lipinski definition) is 3.